The lowest BCUT2D eigenvalue weighted by Gasteiger charge is -2.15. The third kappa shape index (κ3) is 5.21. The minimum absolute atomic E-state index is 0.0684. The van der Waals surface area contributed by atoms with Crippen molar-refractivity contribution in [3.8, 4) is 17.2 Å². The molecule has 34 heavy (non-hydrogen) atoms. The van der Waals surface area contributed by atoms with Gasteiger partial charge in [-0.15, -0.1) is 0 Å². The fourth-order valence-electron chi connectivity index (χ4n) is 3.30. The van der Waals surface area contributed by atoms with E-state index in [1.807, 2.05) is 6.07 Å². The van der Waals surface area contributed by atoms with Gasteiger partial charge in [-0.25, -0.2) is 4.39 Å². The number of amides is 1. The van der Waals surface area contributed by atoms with Crippen LogP contribution in [0.5, 0.6) is 17.2 Å². The van der Waals surface area contributed by atoms with Crippen LogP contribution in [0.3, 0.4) is 0 Å². The molecule has 0 aromatic heterocycles. The number of nitrogens with zero attached hydrogens (tertiary/aromatic N) is 1. The highest BCUT2D eigenvalue weighted by Crippen LogP contribution is 2.39. The molecule has 1 aliphatic rings. The maximum absolute atomic E-state index is 14.0. The summed E-state index contributed by atoms with van der Waals surface area (Å²) in [5.74, 6) is 1.17. The average Bonchev–Trinajstić information content (AvgIpc) is 3.11. The summed E-state index contributed by atoms with van der Waals surface area (Å²) >= 11 is 8.83. The van der Waals surface area contributed by atoms with E-state index in [-0.39, 0.29) is 18.3 Å². The molecule has 0 radical (unpaired) electrons. The van der Waals surface area contributed by atoms with Gasteiger partial charge in [0.05, 0.1) is 28.4 Å². The molecule has 0 atom stereocenters. The third-order valence-electron chi connectivity index (χ3n) is 5.00. The number of carbonyl (C=O) groups excluding carboxylic acids is 1. The Labute approximate surface area is 220 Å². The number of methoxy groups -OCH3 is 2. The van der Waals surface area contributed by atoms with Crippen LogP contribution in [0.4, 0.5) is 10.1 Å². The number of halogens is 2. The van der Waals surface area contributed by atoms with Crippen LogP contribution in [0.1, 0.15) is 11.1 Å². The molecule has 174 valence electrons. The van der Waals surface area contributed by atoms with E-state index in [0.717, 1.165) is 9.13 Å². The molecule has 5 nitrogen and oxygen atoms in total. The first-order valence-electron chi connectivity index (χ1n) is 10.1. The smallest absolute Gasteiger partial charge is 0.270 e. The molecule has 0 spiro atoms. The van der Waals surface area contributed by atoms with Gasteiger partial charge in [-0.2, -0.15) is 0 Å². The Morgan fingerprint density at radius 3 is 2.50 bits per heavy atom. The van der Waals surface area contributed by atoms with Crippen LogP contribution in [0.2, 0.25) is 0 Å². The second-order valence-electron chi connectivity index (χ2n) is 7.13. The highest BCUT2D eigenvalue weighted by molar-refractivity contribution is 14.1. The molecule has 1 fully saturated rings. The van der Waals surface area contributed by atoms with Crippen molar-refractivity contribution >= 4 is 68.6 Å². The summed E-state index contributed by atoms with van der Waals surface area (Å²) in [6, 6.07) is 17.3. The van der Waals surface area contributed by atoms with Crippen LogP contribution in [0.25, 0.3) is 6.08 Å². The Kier molecular flexibility index (Phi) is 7.74. The van der Waals surface area contributed by atoms with Crippen molar-refractivity contribution in [3.05, 3.63) is 86.1 Å². The van der Waals surface area contributed by atoms with Gasteiger partial charge in [0, 0.05) is 5.56 Å². The van der Waals surface area contributed by atoms with E-state index >= 15 is 0 Å². The standard InChI is InChI=1S/C25H19FINO4S2/c1-30-18-9-7-17(8-10-18)28-24(29)22(34-25(28)33)13-15-11-20(27)23(21(12-15)31-2)32-14-16-5-3-4-6-19(16)26/h3-13H,14H2,1-2H3/b22-13-. The molecule has 1 amide bonds. The summed E-state index contributed by atoms with van der Waals surface area (Å²) in [6.45, 7) is 0.0684. The summed E-state index contributed by atoms with van der Waals surface area (Å²) in [6.07, 6.45) is 1.77. The molecule has 0 unspecified atom stereocenters. The van der Waals surface area contributed by atoms with Crippen LogP contribution in [-0.4, -0.2) is 24.4 Å². The first-order chi connectivity index (χ1) is 16.4. The van der Waals surface area contributed by atoms with Gasteiger partial charge in [0.25, 0.3) is 5.91 Å². The molecule has 0 bridgehead atoms. The molecule has 0 aliphatic carbocycles. The van der Waals surface area contributed by atoms with Gasteiger partial charge in [-0.05, 0) is 76.7 Å². The molecular weight excluding hydrogens is 588 g/mol. The maximum atomic E-state index is 14.0. The van der Waals surface area contributed by atoms with E-state index in [0.29, 0.717) is 37.7 Å². The van der Waals surface area contributed by atoms with Crippen LogP contribution >= 0.6 is 46.6 Å². The summed E-state index contributed by atoms with van der Waals surface area (Å²) in [7, 11) is 3.12. The normalized spacial score (nSPS) is 14.6. The van der Waals surface area contributed by atoms with E-state index < -0.39 is 0 Å². The van der Waals surface area contributed by atoms with Gasteiger partial charge >= 0.3 is 0 Å². The summed E-state index contributed by atoms with van der Waals surface area (Å²) < 4.78 is 31.7. The lowest BCUT2D eigenvalue weighted by molar-refractivity contribution is -0.113. The monoisotopic (exact) mass is 607 g/mol. The second-order valence-corrected chi connectivity index (χ2v) is 9.97. The number of benzene rings is 3. The van der Waals surface area contributed by atoms with E-state index in [1.54, 1.807) is 61.7 Å². The van der Waals surface area contributed by atoms with Gasteiger partial charge in [-0.3, -0.25) is 9.69 Å². The molecule has 4 rings (SSSR count). The molecule has 3 aromatic rings. The van der Waals surface area contributed by atoms with Gasteiger partial charge in [-0.1, -0.05) is 42.2 Å². The summed E-state index contributed by atoms with van der Waals surface area (Å²) in [4.78, 5) is 15.1. The van der Waals surface area contributed by atoms with Crippen LogP contribution in [0.15, 0.2) is 65.6 Å². The van der Waals surface area contributed by atoms with Crippen molar-refractivity contribution in [1.29, 1.82) is 0 Å². The number of thiocarbonyl (C=S) groups is 1. The van der Waals surface area contributed by atoms with Crippen molar-refractivity contribution in [2.24, 2.45) is 0 Å². The summed E-state index contributed by atoms with van der Waals surface area (Å²) in [5, 5.41) is 0. The number of anilines is 1. The van der Waals surface area contributed by atoms with Crippen molar-refractivity contribution in [2.75, 3.05) is 19.1 Å². The van der Waals surface area contributed by atoms with E-state index in [9.17, 15) is 9.18 Å². The van der Waals surface area contributed by atoms with Crippen molar-refractivity contribution < 1.29 is 23.4 Å². The average molecular weight is 607 g/mol. The Bertz CT molecular complexity index is 1280. The Balaban J connectivity index is 1.57. The molecule has 1 aliphatic heterocycles. The van der Waals surface area contributed by atoms with Gasteiger partial charge < -0.3 is 14.2 Å². The molecular formula is C25H19FINO4S2. The van der Waals surface area contributed by atoms with Crippen LogP contribution in [0, 0.1) is 9.39 Å². The molecule has 1 saturated heterocycles. The largest absolute Gasteiger partial charge is 0.497 e. The fourth-order valence-corrected chi connectivity index (χ4v) is 5.38. The molecule has 9 heteroatoms. The minimum Gasteiger partial charge on any atom is -0.497 e. The maximum Gasteiger partial charge on any atom is 0.270 e. The zero-order chi connectivity index (χ0) is 24.2. The fraction of sp³-hybridized carbons (Fsp3) is 0.120. The van der Waals surface area contributed by atoms with Crippen LogP contribution in [-0.2, 0) is 11.4 Å². The number of hydrogen-bond acceptors (Lipinski definition) is 6. The molecule has 0 saturated carbocycles. The highest BCUT2D eigenvalue weighted by Gasteiger charge is 2.33. The van der Waals surface area contributed by atoms with Crippen molar-refractivity contribution in [1.82, 2.24) is 0 Å². The second kappa shape index (κ2) is 10.7. The zero-order valence-corrected chi connectivity index (χ0v) is 22.0. The molecule has 0 N–H and O–H groups in total. The minimum atomic E-state index is -0.327. The predicted molar refractivity (Wildman–Crippen MR) is 145 cm³/mol. The lowest BCUT2D eigenvalue weighted by Crippen LogP contribution is -2.27. The van der Waals surface area contributed by atoms with Gasteiger partial charge in [0.2, 0.25) is 0 Å². The number of rotatable bonds is 7. The van der Waals surface area contributed by atoms with Gasteiger partial charge in [0.1, 0.15) is 18.2 Å². The number of hydrogen-bond donors (Lipinski definition) is 0. The van der Waals surface area contributed by atoms with Crippen molar-refractivity contribution in [3.63, 3.8) is 0 Å². The number of ether oxygens (including phenoxy) is 3. The number of thioether (sulfide) groups is 1. The Morgan fingerprint density at radius 1 is 1.09 bits per heavy atom. The van der Waals surface area contributed by atoms with E-state index in [4.69, 9.17) is 26.4 Å². The SMILES string of the molecule is COc1ccc(N2C(=O)/C(=C/c3cc(I)c(OCc4ccccc4F)c(OC)c3)SC2=S)cc1. The topological polar surface area (TPSA) is 48.0 Å². The molecule has 3 aromatic carbocycles. The summed E-state index contributed by atoms with van der Waals surface area (Å²) in [5.41, 5.74) is 1.89. The van der Waals surface area contributed by atoms with Crippen molar-refractivity contribution in [2.45, 2.75) is 6.61 Å². The highest BCUT2D eigenvalue weighted by atomic mass is 127. The first kappa shape index (κ1) is 24.5. The lowest BCUT2D eigenvalue weighted by atomic mass is 10.1. The van der Waals surface area contributed by atoms with Gasteiger partial charge in [0.15, 0.2) is 15.8 Å². The van der Waals surface area contributed by atoms with E-state index in [1.165, 1.54) is 29.8 Å². The Hall–Kier alpha value is -2.63. The molecule has 1 heterocycles. The van der Waals surface area contributed by atoms with E-state index in [2.05, 4.69) is 22.6 Å². The Morgan fingerprint density at radius 2 is 1.82 bits per heavy atom. The third-order valence-corrected chi connectivity index (χ3v) is 7.11. The predicted octanol–water partition coefficient (Wildman–Crippen LogP) is 6.43. The quantitative estimate of drug-likeness (QED) is 0.175. The number of carbonyl (C=O) groups is 1. The zero-order valence-electron chi connectivity index (χ0n) is 18.2. The first-order valence-corrected chi connectivity index (χ1v) is 12.4. The van der Waals surface area contributed by atoms with Crippen LogP contribution < -0.4 is 19.1 Å².